The van der Waals surface area contributed by atoms with Crippen molar-refractivity contribution in [3.8, 4) is 0 Å². The summed E-state index contributed by atoms with van der Waals surface area (Å²) >= 11 is 3.37. The van der Waals surface area contributed by atoms with Gasteiger partial charge in [0.05, 0.1) is 24.3 Å². The van der Waals surface area contributed by atoms with Crippen LogP contribution in [0.4, 0.5) is 11.4 Å². The zero-order chi connectivity index (χ0) is 13.3. The van der Waals surface area contributed by atoms with Crippen molar-refractivity contribution >= 4 is 39.2 Å². The van der Waals surface area contributed by atoms with Gasteiger partial charge in [0.25, 0.3) is 0 Å². The predicted molar refractivity (Wildman–Crippen MR) is 72.0 cm³/mol. The van der Waals surface area contributed by atoms with Crippen molar-refractivity contribution in [1.29, 1.82) is 0 Å². The number of carboxylic acids is 1. The van der Waals surface area contributed by atoms with Crippen LogP contribution in [0.25, 0.3) is 0 Å². The third-order valence-electron chi connectivity index (χ3n) is 2.94. The third kappa shape index (κ3) is 2.48. The van der Waals surface area contributed by atoms with Gasteiger partial charge in [-0.3, -0.25) is 9.59 Å². The quantitative estimate of drug-likeness (QED) is 0.923. The van der Waals surface area contributed by atoms with Gasteiger partial charge in [-0.25, -0.2) is 0 Å². The number of halogens is 1. The minimum absolute atomic E-state index is 0.0203. The molecule has 0 radical (unpaired) electrons. The molecule has 0 aliphatic carbocycles. The van der Waals surface area contributed by atoms with Gasteiger partial charge in [-0.05, 0) is 18.2 Å². The van der Waals surface area contributed by atoms with Gasteiger partial charge in [0.15, 0.2) is 0 Å². The van der Waals surface area contributed by atoms with Crippen LogP contribution < -0.4 is 9.80 Å². The van der Waals surface area contributed by atoms with E-state index in [0.717, 1.165) is 15.8 Å². The summed E-state index contributed by atoms with van der Waals surface area (Å²) in [5.74, 6) is -0.897. The molecular formula is C12H13BrN2O3. The van der Waals surface area contributed by atoms with Gasteiger partial charge in [0.2, 0.25) is 5.91 Å². The number of aliphatic carboxylic acids is 1. The largest absolute Gasteiger partial charge is 0.481 e. The molecule has 1 N–H and O–H groups in total. The van der Waals surface area contributed by atoms with E-state index in [4.69, 9.17) is 5.11 Å². The Balaban J connectivity index is 2.32. The highest BCUT2D eigenvalue weighted by Crippen LogP contribution is 2.34. The Morgan fingerprint density at radius 2 is 2.17 bits per heavy atom. The Kier molecular flexibility index (Phi) is 3.56. The number of anilines is 2. The fourth-order valence-electron chi connectivity index (χ4n) is 1.95. The maximum absolute atomic E-state index is 11.8. The van der Waals surface area contributed by atoms with Gasteiger partial charge < -0.3 is 14.9 Å². The highest BCUT2D eigenvalue weighted by atomic mass is 79.9. The number of carboxylic acid groups (broad SMARTS) is 1. The van der Waals surface area contributed by atoms with Crippen LogP contribution in [0.1, 0.15) is 6.42 Å². The number of carbonyl (C=O) groups is 2. The molecule has 0 saturated carbocycles. The second-order valence-corrected chi connectivity index (χ2v) is 5.07. The molecule has 1 aliphatic heterocycles. The summed E-state index contributed by atoms with van der Waals surface area (Å²) in [5, 5.41) is 8.72. The van der Waals surface area contributed by atoms with Crippen LogP contribution in [0.2, 0.25) is 0 Å². The number of hydrogen-bond donors (Lipinski definition) is 1. The van der Waals surface area contributed by atoms with Crippen LogP contribution in [0.3, 0.4) is 0 Å². The van der Waals surface area contributed by atoms with E-state index >= 15 is 0 Å². The van der Waals surface area contributed by atoms with Crippen molar-refractivity contribution in [1.82, 2.24) is 0 Å². The highest BCUT2D eigenvalue weighted by molar-refractivity contribution is 9.10. The van der Waals surface area contributed by atoms with Crippen LogP contribution in [0.5, 0.6) is 0 Å². The highest BCUT2D eigenvalue weighted by Gasteiger charge is 2.26. The van der Waals surface area contributed by atoms with E-state index in [2.05, 4.69) is 15.9 Å². The monoisotopic (exact) mass is 312 g/mol. The number of nitrogens with zero attached hydrogens (tertiary/aromatic N) is 2. The summed E-state index contributed by atoms with van der Waals surface area (Å²) in [6.45, 7) is 0.557. The molecule has 1 heterocycles. The number of hydrogen-bond acceptors (Lipinski definition) is 3. The van der Waals surface area contributed by atoms with Crippen molar-refractivity contribution in [2.24, 2.45) is 0 Å². The Hall–Kier alpha value is -1.56. The van der Waals surface area contributed by atoms with Gasteiger partial charge in [-0.1, -0.05) is 15.9 Å². The molecule has 0 unspecified atom stereocenters. The van der Waals surface area contributed by atoms with Crippen molar-refractivity contribution in [3.63, 3.8) is 0 Å². The molecule has 6 heteroatoms. The number of likely N-dealkylation sites (N-methyl/N-ethyl adjacent to an activating group) is 1. The molecule has 18 heavy (non-hydrogen) atoms. The van der Waals surface area contributed by atoms with E-state index in [9.17, 15) is 9.59 Å². The lowest BCUT2D eigenvalue weighted by atomic mass is 10.1. The fraction of sp³-hybridized carbons (Fsp3) is 0.333. The summed E-state index contributed by atoms with van der Waals surface area (Å²) in [7, 11) is 1.72. The second kappa shape index (κ2) is 4.97. The second-order valence-electron chi connectivity index (χ2n) is 4.15. The van der Waals surface area contributed by atoms with Crippen molar-refractivity contribution in [3.05, 3.63) is 22.7 Å². The van der Waals surface area contributed by atoms with Crippen LogP contribution >= 0.6 is 15.9 Å². The SMILES string of the molecule is CN1C(=O)CN(CCC(=O)O)c2ccc(Br)cc21. The minimum Gasteiger partial charge on any atom is -0.481 e. The Morgan fingerprint density at radius 3 is 2.83 bits per heavy atom. The summed E-state index contributed by atoms with van der Waals surface area (Å²) in [6, 6.07) is 5.64. The lowest BCUT2D eigenvalue weighted by molar-refractivity contribution is -0.136. The zero-order valence-electron chi connectivity index (χ0n) is 9.89. The molecule has 0 fully saturated rings. The van der Waals surface area contributed by atoms with Crippen LogP contribution in [-0.4, -0.2) is 37.1 Å². The number of benzene rings is 1. The molecule has 1 aromatic rings. The Labute approximate surface area is 113 Å². The number of fused-ring (bicyclic) bond motifs is 1. The molecule has 0 bridgehead atoms. The van der Waals surface area contributed by atoms with E-state index in [1.54, 1.807) is 16.8 Å². The fourth-order valence-corrected chi connectivity index (χ4v) is 2.30. The van der Waals surface area contributed by atoms with Crippen molar-refractivity contribution in [2.75, 3.05) is 29.9 Å². The summed E-state index contributed by atoms with van der Waals surface area (Å²) < 4.78 is 0.890. The number of rotatable bonds is 3. The smallest absolute Gasteiger partial charge is 0.305 e. The Morgan fingerprint density at radius 1 is 1.44 bits per heavy atom. The van der Waals surface area contributed by atoms with Crippen LogP contribution in [0, 0.1) is 0 Å². The molecule has 1 amide bonds. The summed E-state index contributed by atoms with van der Waals surface area (Å²) in [5.41, 5.74) is 1.69. The minimum atomic E-state index is -0.861. The van der Waals surface area contributed by atoms with Gasteiger partial charge in [-0.15, -0.1) is 0 Å². The average molecular weight is 313 g/mol. The standard InChI is InChI=1S/C12H13BrN2O3/c1-14-10-6-8(13)2-3-9(10)15(7-11(14)16)5-4-12(17)18/h2-3,6H,4-5,7H2,1H3,(H,17,18). The van der Waals surface area contributed by atoms with E-state index < -0.39 is 5.97 Å². The first kappa shape index (κ1) is 12.9. The van der Waals surface area contributed by atoms with Gasteiger partial charge in [0.1, 0.15) is 0 Å². The zero-order valence-corrected chi connectivity index (χ0v) is 11.5. The van der Waals surface area contributed by atoms with Crippen molar-refractivity contribution < 1.29 is 14.7 Å². The number of carbonyl (C=O) groups excluding carboxylic acids is 1. The Bertz CT molecular complexity index is 504. The first-order chi connectivity index (χ1) is 8.49. The van der Waals surface area contributed by atoms with Crippen LogP contribution in [-0.2, 0) is 9.59 Å². The molecule has 1 aromatic carbocycles. The molecule has 96 valence electrons. The number of amides is 1. The topological polar surface area (TPSA) is 60.9 Å². The molecule has 2 rings (SSSR count). The molecule has 5 nitrogen and oxygen atoms in total. The third-order valence-corrected chi connectivity index (χ3v) is 3.43. The molecule has 0 aromatic heterocycles. The molecule has 0 spiro atoms. The summed E-state index contributed by atoms with van der Waals surface area (Å²) in [4.78, 5) is 25.9. The lowest BCUT2D eigenvalue weighted by Crippen LogP contribution is -2.44. The molecule has 0 atom stereocenters. The molecule has 1 aliphatic rings. The van der Waals surface area contributed by atoms with E-state index in [0.29, 0.717) is 6.54 Å². The maximum atomic E-state index is 11.8. The first-order valence-corrected chi connectivity index (χ1v) is 6.31. The van der Waals surface area contributed by atoms with E-state index in [1.807, 2.05) is 18.2 Å². The van der Waals surface area contributed by atoms with Gasteiger partial charge in [-0.2, -0.15) is 0 Å². The predicted octanol–water partition coefficient (Wildman–Crippen LogP) is 1.71. The average Bonchev–Trinajstić information content (AvgIpc) is 2.32. The van der Waals surface area contributed by atoms with Crippen LogP contribution in [0.15, 0.2) is 22.7 Å². The first-order valence-electron chi connectivity index (χ1n) is 5.52. The maximum Gasteiger partial charge on any atom is 0.305 e. The normalized spacial score (nSPS) is 14.7. The summed E-state index contributed by atoms with van der Waals surface area (Å²) in [6.07, 6.45) is 0.0203. The van der Waals surface area contributed by atoms with Gasteiger partial charge in [0, 0.05) is 18.1 Å². The van der Waals surface area contributed by atoms with Crippen molar-refractivity contribution in [2.45, 2.75) is 6.42 Å². The van der Waals surface area contributed by atoms with Gasteiger partial charge >= 0.3 is 5.97 Å². The molecular weight excluding hydrogens is 300 g/mol. The van der Waals surface area contributed by atoms with E-state index in [-0.39, 0.29) is 18.9 Å². The molecule has 0 saturated heterocycles. The lowest BCUT2D eigenvalue weighted by Gasteiger charge is -2.35. The van der Waals surface area contributed by atoms with E-state index in [1.165, 1.54) is 0 Å².